The van der Waals surface area contributed by atoms with E-state index in [1.54, 1.807) is 12.1 Å². The minimum atomic E-state index is -3.73. The Kier molecular flexibility index (Phi) is 6.36. The van der Waals surface area contributed by atoms with Crippen LogP contribution >= 0.6 is 0 Å². The third-order valence-corrected chi connectivity index (χ3v) is 12.6. The van der Waals surface area contributed by atoms with Crippen LogP contribution in [0.2, 0.25) is 13.1 Å². The number of aryl methyl sites for hydroxylation is 1. The van der Waals surface area contributed by atoms with E-state index in [2.05, 4.69) is 55.9 Å². The lowest BCUT2D eigenvalue weighted by atomic mass is 9.96. The van der Waals surface area contributed by atoms with Crippen LogP contribution < -0.4 is 9.91 Å². The molecule has 0 bridgehead atoms. The van der Waals surface area contributed by atoms with Gasteiger partial charge in [-0.25, -0.2) is 13.1 Å². The van der Waals surface area contributed by atoms with Gasteiger partial charge in [0.15, 0.2) is 0 Å². The zero-order chi connectivity index (χ0) is 22.0. The maximum atomic E-state index is 13.6. The highest BCUT2D eigenvalue weighted by molar-refractivity contribution is 7.89. The molecule has 1 atom stereocenters. The van der Waals surface area contributed by atoms with Crippen molar-refractivity contribution in [1.82, 2.24) is 4.72 Å². The largest absolute Gasteiger partial charge is 0.241 e. The van der Waals surface area contributed by atoms with E-state index in [0.717, 1.165) is 11.1 Å². The molecule has 1 N–H and O–H groups in total. The third kappa shape index (κ3) is 4.02. The van der Waals surface area contributed by atoms with E-state index in [1.807, 2.05) is 55.5 Å². The van der Waals surface area contributed by atoms with Crippen LogP contribution in [0.15, 0.2) is 89.8 Å². The maximum absolute atomic E-state index is 13.6. The van der Waals surface area contributed by atoms with Gasteiger partial charge in [-0.3, -0.25) is 0 Å². The molecule has 0 amide bonds. The smallest absolute Gasteiger partial charge is 0.207 e. The molecule has 0 saturated carbocycles. The van der Waals surface area contributed by atoms with Crippen LogP contribution in [-0.2, 0) is 15.2 Å². The zero-order valence-electron chi connectivity index (χ0n) is 18.4. The molecular weight excluding hydrogens is 406 g/mol. The van der Waals surface area contributed by atoms with E-state index in [9.17, 15) is 8.42 Å². The fraction of sp³-hybridized carbons (Fsp3) is 0.280. The fourth-order valence-corrected chi connectivity index (χ4v) is 11.1. The second-order valence-corrected chi connectivity index (χ2v) is 15.0. The Morgan fingerprint density at radius 2 is 1.30 bits per heavy atom. The van der Waals surface area contributed by atoms with Crippen molar-refractivity contribution < 1.29 is 8.42 Å². The summed E-state index contributed by atoms with van der Waals surface area (Å²) in [5, 5.41) is 0.494. The van der Waals surface area contributed by atoms with Gasteiger partial charge < -0.3 is 0 Å². The Hall–Kier alpha value is -2.21. The topological polar surface area (TPSA) is 46.2 Å². The number of benzene rings is 3. The molecule has 0 fully saturated rings. The normalized spacial score (nSPS) is 14.5. The molecular formula is C25H31NO2SSi. The summed E-state index contributed by atoms with van der Waals surface area (Å²) < 4.78 is 30.5. The molecule has 0 spiro atoms. The molecule has 3 nitrogen and oxygen atoms in total. The van der Waals surface area contributed by atoms with Crippen LogP contribution in [0.5, 0.6) is 0 Å². The fourth-order valence-electron chi connectivity index (χ4n) is 4.49. The van der Waals surface area contributed by atoms with Crippen LogP contribution in [0.1, 0.15) is 25.0 Å². The van der Waals surface area contributed by atoms with Crippen molar-refractivity contribution in [2.75, 3.05) is 0 Å². The maximum Gasteiger partial charge on any atom is 0.241 e. The van der Waals surface area contributed by atoms with Crippen LogP contribution in [0.25, 0.3) is 0 Å². The third-order valence-electron chi connectivity index (χ3n) is 6.20. The van der Waals surface area contributed by atoms with Gasteiger partial charge in [0.25, 0.3) is 0 Å². The summed E-state index contributed by atoms with van der Waals surface area (Å²) in [5.74, 6) is 0.0435. The molecule has 0 aliphatic rings. The van der Waals surface area contributed by atoms with Gasteiger partial charge in [-0.15, -0.1) is 0 Å². The van der Waals surface area contributed by atoms with E-state index in [-0.39, 0.29) is 5.92 Å². The van der Waals surface area contributed by atoms with Gasteiger partial charge in [0.05, 0.1) is 10.1 Å². The highest BCUT2D eigenvalue weighted by Crippen LogP contribution is 2.40. The molecule has 0 heterocycles. The van der Waals surface area contributed by atoms with Gasteiger partial charge in [-0.2, -0.15) is 0 Å². The first kappa shape index (κ1) is 22.5. The van der Waals surface area contributed by atoms with Crippen molar-refractivity contribution in [1.29, 1.82) is 0 Å². The summed E-state index contributed by atoms with van der Waals surface area (Å²) in [4.78, 5) is 0.298. The number of nitrogens with one attached hydrogen (secondary N) is 1. The Morgan fingerprint density at radius 3 is 1.80 bits per heavy atom. The monoisotopic (exact) mass is 437 g/mol. The highest BCUT2D eigenvalue weighted by atomic mass is 32.2. The van der Waals surface area contributed by atoms with Crippen molar-refractivity contribution in [3.8, 4) is 0 Å². The molecule has 5 heteroatoms. The molecule has 0 aliphatic heterocycles. The second kappa shape index (κ2) is 8.50. The average molecular weight is 438 g/mol. The summed E-state index contributed by atoms with van der Waals surface area (Å²) in [5.41, 5.74) is 2.04. The van der Waals surface area contributed by atoms with Crippen LogP contribution in [0.4, 0.5) is 0 Å². The Bertz CT molecular complexity index is 1080. The van der Waals surface area contributed by atoms with Crippen molar-refractivity contribution in [2.45, 2.75) is 43.9 Å². The second-order valence-electron chi connectivity index (χ2n) is 8.74. The van der Waals surface area contributed by atoms with Gasteiger partial charge in [-0.05, 0) is 30.5 Å². The first-order valence-electron chi connectivity index (χ1n) is 10.3. The lowest BCUT2D eigenvalue weighted by Gasteiger charge is -2.49. The number of hydrogen-bond acceptors (Lipinski definition) is 2. The van der Waals surface area contributed by atoms with Crippen molar-refractivity contribution in [3.05, 3.63) is 96.1 Å². The summed E-state index contributed by atoms with van der Waals surface area (Å²) in [6.45, 7) is 10.7. The average Bonchev–Trinajstić information content (AvgIpc) is 2.73. The lowest BCUT2D eigenvalue weighted by molar-refractivity contribution is 0.390. The van der Waals surface area contributed by atoms with Gasteiger partial charge in [0.2, 0.25) is 10.0 Å². The van der Waals surface area contributed by atoms with E-state index in [1.165, 1.54) is 5.19 Å². The van der Waals surface area contributed by atoms with E-state index >= 15 is 0 Å². The lowest BCUT2D eigenvalue weighted by Crippen LogP contribution is -2.70. The quantitative estimate of drug-likeness (QED) is 0.530. The Balaban J connectivity index is 2.25. The molecule has 1 unspecified atom stereocenters. The molecule has 0 saturated heterocycles. The molecule has 0 radical (unpaired) electrons. The van der Waals surface area contributed by atoms with Crippen molar-refractivity contribution in [3.63, 3.8) is 0 Å². The number of hydrogen-bond donors (Lipinski definition) is 1. The van der Waals surface area contributed by atoms with Crippen LogP contribution in [0.3, 0.4) is 0 Å². The van der Waals surface area contributed by atoms with E-state index < -0.39 is 23.3 Å². The molecule has 30 heavy (non-hydrogen) atoms. The van der Waals surface area contributed by atoms with Crippen molar-refractivity contribution >= 4 is 23.3 Å². The first-order chi connectivity index (χ1) is 14.1. The minimum absolute atomic E-state index is 0.0435. The predicted molar refractivity (Wildman–Crippen MR) is 128 cm³/mol. The zero-order valence-corrected chi connectivity index (χ0v) is 20.2. The van der Waals surface area contributed by atoms with Crippen molar-refractivity contribution in [2.24, 2.45) is 5.92 Å². The molecule has 3 aromatic rings. The highest BCUT2D eigenvalue weighted by Gasteiger charge is 2.53. The Morgan fingerprint density at radius 1 is 0.800 bits per heavy atom. The number of sulfonamides is 1. The Labute approximate surface area is 182 Å². The van der Waals surface area contributed by atoms with Gasteiger partial charge >= 0.3 is 0 Å². The standard InChI is InChI=1S/C25H31NO2SSi/c1-20(2)25(22-12-8-6-9-13-22,30(4,5)24-14-10-7-11-15-24)26-29(27,28)23-18-16-21(3)17-19-23/h6-20,26H,1-5H3. The molecule has 0 aliphatic carbocycles. The minimum Gasteiger partial charge on any atom is -0.207 e. The van der Waals surface area contributed by atoms with Crippen LogP contribution in [-0.4, -0.2) is 16.5 Å². The predicted octanol–water partition coefficient (Wildman–Crippen LogP) is 4.98. The molecule has 3 rings (SSSR count). The van der Waals surface area contributed by atoms with Gasteiger partial charge in [0.1, 0.15) is 8.07 Å². The molecule has 0 aromatic heterocycles. The van der Waals surface area contributed by atoms with E-state index in [0.29, 0.717) is 4.90 Å². The van der Waals surface area contributed by atoms with Crippen LogP contribution in [0, 0.1) is 12.8 Å². The van der Waals surface area contributed by atoms with Gasteiger partial charge in [-0.1, -0.05) is 110 Å². The van der Waals surface area contributed by atoms with Gasteiger partial charge in [0, 0.05) is 0 Å². The molecule has 3 aromatic carbocycles. The SMILES string of the molecule is Cc1ccc(S(=O)(=O)NC(c2ccccc2)(C(C)C)[Si](C)(C)c2ccccc2)cc1. The summed E-state index contributed by atoms with van der Waals surface area (Å²) in [6.07, 6.45) is 0. The molecule has 158 valence electrons. The first-order valence-corrected chi connectivity index (χ1v) is 14.8. The summed E-state index contributed by atoms with van der Waals surface area (Å²) >= 11 is 0. The summed E-state index contributed by atoms with van der Waals surface area (Å²) in [7, 11) is -6.14. The summed E-state index contributed by atoms with van der Waals surface area (Å²) in [6, 6.07) is 27.4. The number of rotatable bonds is 7. The van der Waals surface area contributed by atoms with E-state index in [4.69, 9.17) is 0 Å².